The molecule has 236 valence electrons. The minimum atomic E-state index is 0.0428. The Morgan fingerprint density at radius 1 is 0.509 bits per heavy atom. The third-order valence-electron chi connectivity index (χ3n) is 10.0. The van der Waals surface area contributed by atoms with Gasteiger partial charge in [-0.3, -0.25) is 0 Å². The summed E-state index contributed by atoms with van der Waals surface area (Å²) in [6.07, 6.45) is 0. The lowest BCUT2D eigenvalue weighted by Crippen LogP contribution is -2.08. The molecule has 0 bridgehead atoms. The first-order valence-corrected chi connectivity index (χ1v) is 17.2. The molecule has 0 amide bonds. The first-order chi connectivity index (χ1) is 25.8. The monoisotopic (exact) mass is 664 g/mol. The van der Waals surface area contributed by atoms with Crippen LogP contribution in [0.3, 0.4) is 0 Å². The molecule has 0 atom stereocenters. The number of para-hydroxylation sites is 3. The highest BCUT2D eigenvalue weighted by Crippen LogP contribution is 2.47. The molecule has 0 aliphatic heterocycles. The van der Waals surface area contributed by atoms with E-state index in [4.69, 9.17) is 48.6 Å². The molecule has 8 heteroatoms. The molecule has 2 aromatic heterocycles. The molecule has 0 aliphatic carbocycles. The second-order valence-electron chi connectivity index (χ2n) is 13.1. The van der Waals surface area contributed by atoms with Gasteiger partial charge >= 0.3 is 0 Å². The molecule has 0 N–H and O–H groups in total. The molecule has 0 aliphatic rings. The summed E-state index contributed by atoms with van der Waals surface area (Å²) in [5, 5.41) is 6.60. The van der Waals surface area contributed by atoms with E-state index in [9.17, 15) is 0 Å². The smallest absolute Gasteiger partial charge is 0.145 e. The average molecular weight is 664 g/mol. The van der Waals surface area contributed by atoms with Crippen molar-refractivity contribution in [3.8, 4) is 33.6 Å². The predicted molar refractivity (Wildman–Crippen MR) is 226 cm³/mol. The summed E-state index contributed by atoms with van der Waals surface area (Å²) < 4.78 is 8.02. The van der Waals surface area contributed by atoms with Gasteiger partial charge in [-0.05, 0) is 79.7 Å². The van der Waals surface area contributed by atoms with Crippen LogP contribution in [0.5, 0.6) is 0 Å². The minimum absolute atomic E-state index is 0.0428. The number of nitrogens with zero attached hydrogens (tertiary/aromatic N) is 2. The van der Waals surface area contributed by atoms with Crippen LogP contribution in [0.1, 0.15) is 0 Å². The number of benzene rings is 7. The van der Waals surface area contributed by atoms with Gasteiger partial charge in [-0.2, -0.15) is 0 Å². The highest BCUT2D eigenvalue weighted by Gasteiger charge is 2.23. The SMILES string of the molecule is [B]C(=C)/C([B])=C([B])\C([B])=C(/[B])n1c(-c2ccccc2-c2c3ccccc3c(-c3ccc4oc5ccccc5c4c3)c3ccccc23)nc2ccccc21. The fraction of sp³-hybridized carbons (Fsp3) is 0. The molecular weight excluding hydrogens is 639 g/mol. The molecule has 10 radical (unpaired) electrons. The first kappa shape index (κ1) is 32.8. The van der Waals surface area contributed by atoms with Crippen LogP contribution >= 0.6 is 0 Å². The van der Waals surface area contributed by atoms with E-state index in [0.29, 0.717) is 5.82 Å². The van der Waals surface area contributed by atoms with Gasteiger partial charge in [-0.1, -0.05) is 115 Å². The lowest BCUT2D eigenvalue weighted by atomic mass is 9.63. The van der Waals surface area contributed by atoms with Crippen LogP contribution in [0.15, 0.2) is 172 Å². The summed E-state index contributed by atoms with van der Waals surface area (Å²) in [6.45, 7) is 3.71. The summed E-state index contributed by atoms with van der Waals surface area (Å²) in [7, 11) is 31.9. The second kappa shape index (κ2) is 12.8. The quantitative estimate of drug-likeness (QED) is 0.101. The van der Waals surface area contributed by atoms with Crippen molar-refractivity contribution >= 4 is 99.3 Å². The number of fused-ring (bicyclic) bond motifs is 6. The van der Waals surface area contributed by atoms with Crippen LogP contribution in [-0.4, -0.2) is 48.8 Å². The zero-order valence-corrected chi connectivity index (χ0v) is 28.7. The van der Waals surface area contributed by atoms with Crippen LogP contribution in [0.2, 0.25) is 0 Å². The zero-order valence-electron chi connectivity index (χ0n) is 28.7. The Morgan fingerprint density at radius 2 is 1.06 bits per heavy atom. The van der Waals surface area contributed by atoms with E-state index in [2.05, 4.69) is 91.5 Å². The Labute approximate surface area is 313 Å². The summed E-state index contributed by atoms with van der Waals surface area (Å²) in [6, 6.07) is 47.7. The van der Waals surface area contributed by atoms with E-state index >= 15 is 0 Å². The second-order valence-corrected chi connectivity index (χ2v) is 13.1. The van der Waals surface area contributed by atoms with Crippen molar-refractivity contribution in [3.63, 3.8) is 0 Å². The molecule has 0 saturated heterocycles. The standard InChI is InChI=1S/C45H25B5N2O/c1-25(46)41(47)42(48)43(49)44(50)52-36-20-10-9-19-35(36)51-45(52)33-18-7-6-17-32(33)40-30-15-4-2-13-28(30)39(29-14-3-5-16-31(29)40)26-22-23-38-34(24-26)27-12-8-11-21-37(27)53-38/h2-24H,1H2/b42-41-,44-43-. The average Bonchev–Trinajstić information content (AvgIpc) is 3.77. The zero-order chi connectivity index (χ0) is 36.4. The number of hydrogen-bond donors (Lipinski definition) is 0. The van der Waals surface area contributed by atoms with Gasteiger partial charge in [0.25, 0.3) is 0 Å². The molecule has 3 nitrogen and oxygen atoms in total. The van der Waals surface area contributed by atoms with Gasteiger partial charge < -0.3 is 8.98 Å². The predicted octanol–water partition coefficient (Wildman–Crippen LogP) is 9.94. The normalized spacial score (nSPS) is 12.8. The van der Waals surface area contributed by atoms with Crippen LogP contribution < -0.4 is 0 Å². The molecule has 0 spiro atoms. The van der Waals surface area contributed by atoms with E-state index < -0.39 is 0 Å². The largest absolute Gasteiger partial charge is 0.456 e. The molecule has 53 heavy (non-hydrogen) atoms. The minimum Gasteiger partial charge on any atom is -0.456 e. The van der Waals surface area contributed by atoms with Gasteiger partial charge in [0.1, 0.15) is 56.2 Å². The van der Waals surface area contributed by atoms with Crippen molar-refractivity contribution in [3.05, 3.63) is 168 Å². The van der Waals surface area contributed by atoms with Crippen LogP contribution in [0, 0.1) is 0 Å². The van der Waals surface area contributed by atoms with Gasteiger partial charge in [-0.15, -0.1) is 23.0 Å². The topological polar surface area (TPSA) is 31.0 Å². The fourth-order valence-electron chi connectivity index (χ4n) is 7.53. The van der Waals surface area contributed by atoms with Crippen molar-refractivity contribution in [1.82, 2.24) is 9.55 Å². The maximum Gasteiger partial charge on any atom is 0.145 e. The Balaban J connectivity index is 1.34. The summed E-state index contributed by atoms with van der Waals surface area (Å²) >= 11 is 0. The first-order valence-electron chi connectivity index (χ1n) is 17.2. The van der Waals surface area contributed by atoms with Crippen molar-refractivity contribution in [2.45, 2.75) is 0 Å². The van der Waals surface area contributed by atoms with Crippen LogP contribution in [0.25, 0.3) is 93.8 Å². The maximum absolute atomic E-state index is 6.88. The Morgan fingerprint density at radius 3 is 1.74 bits per heavy atom. The Kier molecular flexibility index (Phi) is 7.93. The lowest BCUT2D eigenvalue weighted by molar-refractivity contribution is 0.669. The van der Waals surface area contributed by atoms with Crippen molar-refractivity contribution in [2.75, 3.05) is 0 Å². The number of furan rings is 1. The Bertz CT molecular complexity index is 2980. The summed E-state index contributed by atoms with van der Waals surface area (Å²) in [5.41, 5.74) is 8.82. The van der Waals surface area contributed by atoms with Crippen molar-refractivity contribution in [1.29, 1.82) is 0 Å². The maximum atomic E-state index is 6.88. The third-order valence-corrected chi connectivity index (χ3v) is 10.0. The molecule has 7 aromatic carbocycles. The number of aromatic nitrogens is 2. The molecule has 0 fully saturated rings. The van der Waals surface area contributed by atoms with Crippen LogP contribution in [0.4, 0.5) is 0 Å². The molecule has 0 unspecified atom stereocenters. The van der Waals surface area contributed by atoms with Crippen molar-refractivity contribution in [2.24, 2.45) is 0 Å². The highest BCUT2D eigenvalue weighted by atomic mass is 16.3. The molecule has 0 saturated carbocycles. The third kappa shape index (κ3) is 5.24. The number of hydrogen-bond acceptors (Lipinski definition) is 2. The summed E-state index contributed by atoms with van der Waals surface area (Å²) in [4.78, 5) is 5.14. The van der Waals surface area contributed by atoms with Gasteiger partial charge in [0.15, 0.2) is 0 Å². The Hall–Kier alpha value is -6.13. The molecular formula is C45H25B5N2O. The highest BCUT2D eigenvalue weighted by molar-refractivity contribution is 6.52. The van der Waals surface area contributed by atoms with E-state index in [0.717, 1.165) is 82.3 Å². The molecule has 9 rings (SSSR count). The van der Waals surface area contributed by atoms with E-state index in [1.807, 2.05) is 59.2 Å². The van der Waals surface area contributed by atoms with Gasteiger partial charge in [-0.25, -0.2) is 4.98 Å². The van der Waals surface area contributed by atoms with Gasteiger partial charge in [0.05, 0.1) is 11.0 Å². The molecule has 9 aromatic rings. The van der Waals surface area contributed by atoms with E-state index in [1.54, 1.807) is 0 Å². The van der Waals surface area contributed by atoms with Gasteiger partial charge in [0.2, 0.25) is 0 Å². The van der Waals surface area contributed by atoms with Gasteiger partial charge in [0, 0.05) is 16.3 Å². The fourth-order valence-corrected chi connectivity index (χ4v) is 7.53. The number of imidazole rings is 1. The van der Waals surface area contributed by atoms with Crippen molar-refractivity contribution < 1.29 is 4.42 Å². The number of allylic oxidation sites excluding steroid dienone is 4. The van der Waals surface area contributed by atoms with E-state index in [1.165, 1.54) is 0 Å². The number of rotatable bonds is 6. The van der Waals surface area contributed by atoms with E-state index in [-0.39, 0.29) is 27.5 Å². The summed E-state index contributed by atoms with van der Waals surface area (Å²) in [5.74, 6) is 0.592. The van der Waals surface area contributed by atoms with Crippen LogP contribution in [-0.2, 0) is 0 Å². The lowest BCUT2D eigenvalue weighted by Gasteiger charge is -2.21. The molecule has 2 heterocycles.